The van der Waals surface area contributed by atoms with Crippen LogP contribution in [0.25, 0.3) is 0 Å². The van der Waals surface area contributed by atoms with Crippen LogP contribution in [0.3, 0.4) is 0 Å². The van der Waals surface area contributed by atoms with Gasteiger partial charge in [0.25, 0.3) is 0 Å². The molecular formula is C24H42N6O8. The number of amides is 5. The largest absolute Gasteiger partial charge is 0.480 e. The van der Waals surface area contributed by atoms with Crippen LogP contribution in [-0.2, 0) is 28.8 Å². The smallest absolute Gasteiger partial charge is 0.326 e. The number of nitrogens with two attached hydrogens (primary N) is 1. The number of aliphatic hydroxyl groups is 1. The number of carbonyl (C=O) groups excluding carboxylic acids is 5. The van der Waals surface area contributed by atoms with Crippen LogP contribution < -0.4 is 27.0 Å². The average molecular weight is 543 g/mol. The van der Waals surface area contributed by atoms with Crippen molar-refractivity contribution in [2.45, 2.75) is 77.5 Å². The van der Waals surface area contributed by atoms with Crippen LogP contribution in [0.5, 0.6) is 0 Å². The van der Waals surface area contributed by atoms with Crippen molar-refractivity contribution in [3.63, 3.8) is 0 Å². The van der Waals surface area contributed by atoms with E-state index in [9.17, 15) is 39.0 Å². The second-order valence-corrected chi connectivity index (χ2v) is 9.87. The summed E-state index contributed by atoms with van der Waals surface area (Å²) in [6.07, 6.45) is 1.59. The SMILES string of the molecule is CCC(C)C(NC(=O)CNC(=O)C1CCCN1C(=O)C(CO)NC(=O)CN)C(=O)NC(CC(C)C)C(=O)O. The van der Waals surface area contributed by atoms with Crippen molar-refractivity contribution in [2.24, 2.45) is 17.6 Å². The molecule has 0 bridgehead atoms. The Morgan fingerprint density at radius 2 is 1.66 bits per heavy atom. The Labute approximate surface area is 222 Å². The van der Waals surface area contributed by atoms with Crippen LogP contribution in [0.2, 0.25) is 0 Å². The van der Waals surface area contributed by atoms with Crippen LogP contribution in [0.4, 0.5) is 0 Å². The Hall–Kier alpha value is -3.26. The Bertz CT molecular complexity index is 867. The molecule has 1 rings (SSSR count). The van der Waals surface area contributed by atoms with Gasteiger partial charge in [-0.1, -0.05) is 34.1 Å². The minimum Gasteiger partial charge on any atom is -0.480 e. The van der Waals surface area contributed by atoms with Crippen LogP contribution in [0.15, 0.2) is 0 Å². The first kappa shape index (κ1) is 32.8. The van der Waals surface area contributed by atoms with Gasteiger partial charge in [0, 0.05) is 6.54 Å². The van der Waals surface area contributed by atoms with Gasteiger partial charge in [-0.25, -0.2) is 4.79 Å². The lowest BCUT2D eigenvalue weighted by molar-refractivity contribution is -0.143. The molecule has 14 nitrogen and oxygen atoms in total. The fourth-order valence-corrected chi connectivity index (χ4v) is 4.11. The Morgan fingerprint density at radius 3 is 2.18 bits per heavy atom. The van der Waals surface area contributed by atoms with Gasteiger partial charge in [-0.05, 0) is 31.1 Å². The number of carboxylic acid groups (broad SMARTS) is 1. The molecule has 1 aliphatic heterocycles. The van der Waals surface area contributed by atoms with Gasteiger partial charge in [-0.2, -0.15) is 0 Å². The normalized spacial score (nSPS) is 18.2. The van der Waals surface area contributed by atoms with Crippen LogP contribution >= 0.6 is 0 Å². The van der Waals surface area contributed by atoms with Crippen molar-refractivity contribution in [1.82, 2.24) is 26.2 Å². The first-order chi connectivity index (χ1) is 17.9. The summed E-state index contributed by atoms with van der Waals surface area (Å²) in [5, 5.41) is 28.8. The van der Waals surface area contributed by atoms with Crippen LogP contribution in [-0.4, -0.2) is 101 Å². The lowest BCUT2D eigenvalue weighted by Crippen LogP contribution is -2.57. The maximum Gasteiger partial charge on any atom is 0.326 e. The van der Waals surface area contributed by atoms with E-state index in [0.29, 0.717) is 19.3 Å². The van der Waals surface area contributed by atoms with Gasteiger partial charge in [0.1, 0.15) is 24.2 Å². The average Bonchev–Trinajstić information content (AvgIpc) is 3.37. The van der Waals surface area contributed by atoms with Crippen molar-refractivity contribution < 1.29 is 39.0 Å². The number of aliphatic carboxylic acids is 1. The van der Waals surface area contributed by atoms with E-state index >= 15 is 0 Å². The molecule has 38 heavy (non-hydrogen) atoms. The highest BCUT2D eigenvalue weighted by Crippen LogP contribution is 2.18. The monoisotopic (exact) mass is 542 g/mol. The molecule has 1 aliphatic rings. The molecular weight excluding hydrogens is 500 g/mol. The third-order valence-corrected chi connectivity index (χ3v) is 6.40. The Kier molecular flexibility index (Phi) is 13.7. The van der Waals surface area contributed by atoms with Gasteiger partial charge < -0.3 is 42.1 Å². The number of nitrogens with zero attached hydrogens (tertiary/aromatic N) is 1. The molecule has 0 aliphatic carbocycles. The van der Waals surface area contributed by atoms with Gasteiger partial charge in [-0.3, -0.25) is 24.0 Å². The van der Waals surface area contributed by atoms with Crippen LogP contribution in [0.1, 0.15) is 53.4 Å². The maximum absolute atomic E-state index is 12.9. The fraction of sp³-hybridized carbons (Fsp3) is 0.750. The summed E-state index contributed by atoms with van der Waals surface area (Å²) in [6.45, 7) is 5.95. The number of hydrogen-bond donors (Lipinski definition) is 7. The molecule has 0 aromatic rings. The Morgan fingerprint density at radius 1 is 1.00 bits per heavy atom. The van der Waals surface area contributed by atoms with Crippen molar-refractivity contribution in [3.8, 4) is 0 Å². The summed E-state index contributed by atoms with van der Waals surface area (Å²) < 4.78 is 0. The second kappa shape index (κ2) is 15.9. The molecule has 0 spiro atoms. The number of nitrogens with one attached hydrogen (secondary N) is 4. The number of carbonyl (C=O) groups is 6. The van der Waals surface area contributed by atoms with Crippen molar-refractivity contribution in [3.05, 3.63) is 0 Å². The minimum atomic E-state index is -1.25. The summed E-state index contributed by atoms with van der Waals surface area (Å²) >= 11 is 0. The summed E-state index contributed by atoms with van der Waals surface area (Å²) in [5.74, 6) is -4.62. The minimum absolute atomic E-state index is 0.0230. The number of carboxylic acids is 1. The molecule has 0 aromatic heterocycles. The van der Waals surface area contributed by atoms with E-state index in [-0.39, 0.29) is 31.3 Å². The van der Waals surface area contributed by atoms with E-state index in [2.05, 4.69) is 21.3 Å². The highest BCUT2D eigenvalue weighted by Gasteiger charge is 2.37. The summed E-state index contributed by atoms with van der Waals surface area (Å²) in [4.78, 5) is 75.4. The van der Waals surface area contributed by atoms with E-state index in [4.69, 9.17) is 5.73 Å². The molecule has 5 atom stereocenters. The van der Waals surface area contributed by atoms with E-state index in [0.717, 1.165) is 0 Å². The molecule has 1 fully saturated rings. The van der Waals surface area contributed by atoms with Gasteiger partial charge in [0.2, 0.25) is 29.5 Å². The number of rotatable bonds is 15. The molecule has 0 radical (unpaired) electrons. The number of likely N-dealkylation sites (tertiary alicyclic amines) is 1. The number of hydrogen-bond acceptors (Lipinski definition) is 8. The van der Waals surface area contributed by atoms with E-state index in [1.807, 2.05) is 20.8 Å². The summed E-state index contributed by atoms with van der Waals surface area (Å²) in [5.41, 5.74) is 5.24. The summed E-state index contributed by atoms with van der Waals surface area (Å²) in [7, 11) is 0. The number of aliphatic hydroxyl groups excluding tert-OH is 1. The molecule has 1 heterocycles. The Balaban J connectivity index is 2.79. The fourth-order valence-electron chi connectivity index (χ4n) is 4.11. The molecule has 216 valence electrons. The van der Waals surface area contributed by atoms with Crippen molar-refractivity contribution in [2.75, 3.05) is 26.2 Å². The van der Waals surface area contributed by atoms with Crippen molar-refractivity contribution in [1.29, 1.82) is 0 Å². The highest BCUT2D eigenvalue weighted by molar-refractivity contribution is 5.95. The summed E-state index contributed by atoms with van der Waals surface area (Å²) in [6, 6.07) is -4.27. The zero-order valence-electron chi connectivity index (χ0n) is 22.5. The molecule has 1 saturated heterocycles. The quantitative estimate of drug-likeness (QED) is 0.118. The predicted octanol–water partition coefficient (Wildman–Crippen LogP) is -2.32. The van der Waals surface area contributed by atoms with Crippen molar-refractivity contribution >= 4 is 35.5 Å². The lowest BCUT2D eigenvalue weighted by atomic mass is 9.97. The zero-order chi connectivity index (χ0) is 29.0. The topological polar surface area (TPSA) is 220 Å². The van der Waals surface area contributed by atoms with E-state index in [1.54, 1.807) is 6.92 Å². The molecule has 14 heteroatoms. The van der Waals surface area contributed by atoms with Gasteiger partial charge in [0.15, 0.2) is 0 Å². The maximum atomic E-state index is 12.9. The first-order valence-electron chi connectivity index (χ1n) is 12.9. The zero-order valence-corrected chi connectivity index (χ0v) is 22.5. The molecule has 0 aromatic carbocycles. The van der Waals surface area contributed by atoms with Gasteiger partial charge in [0.05, 0.1) is 19.7 Å². The van der Waals surface area contributed by atoms with Gasteiger partial charge in [-0.15, -0.1) is 0 Å². The van der Waals surface area contributed by atoms with E-state index < -0.39 is 72.8 Å². The molecule has 8 N–H and O–H groups in total. The molecule has 5 unspecified atom stereocenters. The third kappa shape index (κ3) is 9.89. The predicted molar refractivity (Wildman–Crippen MR) is 136 cm³/mol. The highest BCUT2D eigenvalue weighted by atomic mass is 16.4. The molecule has 0 saturated carbocycles. The van der Waals surface area contributed by atoms with Crippen LogP contribution in [0, 0.1) is 11.8 Å². The standard InChI is InChI=1S/C24H42N6O8/c1-5-14(4)20(22(35)28-15(24(37)38)9-13(2)3)29-19(33)11-26-21(34)17-7-6-8-30(17)23(36)16(12-31)27-18(32)10-25/h13-17,20,31H,5-12,25H2,1-4H3,(H,26,34)(H,27,32)(H,28,35)(H,29,33)(H,37,38). The van der Waals surface area contributed by atoms with E-state index in [1.165, 1.54) is 4.90 Å². The first-order valence-corrected chi connectivity index (χ1v) is 12.9. The third-order valence-electron chi connectivity index (χ3n) is 6.40. The lowest BCUT2D eigenvalue weighted by Gasteiger charge is -2.28. The molecule has 5 amide bonds. The van der Waals surface area contributed by atoms with Gasteiger partial charge >= 0.3 is 5.97 Å². The second-order valence-electron chi connectivity index (χ2n) is 9.87.